The van der Waals surface area contributed by atoms with Gasteiger partial charge in [-0.15, -0.1) is 0 Å². The van der Waals surface area contributed by atoms with Crippen molar-refractivity contribution in [3.8, 4) is 5.88 Å². The monoisotopic (exact) mass is 421 g/mol. The fourth-order valence-electron chi connectivity index (χ4n) is 3.25. The van der Waals surface area contributed by atoms with Crippen molar-refractivity contribution in [3.05, 3.63) is 47.7 Å². The lowest BCUT2D eigenvalue weighted by Gasteiger charge is -2.34. The molecule has 1 amide bonds. The number of aryl methyl sites for hydroxylation is 1. The molecule has 0 bridgehead atoms. The van der Waals surface area contributed by atoms with Gasteiger partial charge >= 0.3 is 0 Å². The number of nitrogens with zero attached hydrogens (tertiary/aromatic N) is 3. The van der Waals surface area contributed by atoms with Gasteiger partial charge in [-0.25, -0.2) is 18.8 Å². The number of carbonyl (C=O) groups is 1. The molecule has 30 heavy (non-hydrogen) atoms. The predicted molar refractivity (Wildman–Crippen MR) is 103 cm³/mol. The van der Waals surface area contributed by atoms with Gasteiger partial charge in [-0.1, -0.05) is 0 Å². The molecule has 0 saturated carbocycles. The number of nitrogens with one attached hydrogen (secondary N) is 1. The summed E-state index contributed by atoms with van der Waals surface area (Å²) < 4.78 is 40.9. The third kappa shape index (κ3) is 4.62. The zero-order valence-corrected chi connectivity index (χ0v) is 16.2. The molecule has 3 heterocycles. The van der Waals surface area contributed by atoms with Gasteiger partial charge < -0.3 is 25.3 Å². The average Bonchev–Trinajstić information content (AvgIpc) is 3.16. The number of amides is 1. The normalized spacial score (nSPS) is 22.0. The number of aliphatic imine (C=N–C) groups is 1. The highest BCUT2D eigenvalue weighted by atomic mass is 19.1. The van der Waals surface area contributed by atoms with E-state index >= 15 is 0 Å². The highest BCUT2D eigenvalue weighted by Gasteiger charge is 2.50. The zero-order valence-electron chi connectivity index (χ0n) is 16.2. The standard InChI is InChI=1S/C13H14FN3O3.C6H7FN2O/c14-10-2-1-8(16-7-18)5-9(10)13-3-4-19-11(13)6-20-12(15)17-13;1-5-2-9-6(3-8-5)10-4-7/h1-2,5,7,11H,3-4,6H2,(H2,15,17)(H,16,18);2-3H,4H2,1H3/t11-,13+;/m0./s1. The fourth-order valence-corrected chi connectivity index (χ4v) is 3.25. The molecule has 160 valence electrons. The lowest BCUT2D eigenvalue weighted by atomic mass is 9.83. The molecule has 0 unspecified atom stereocenters. The molecule has 1 aromatic carbocycles. The van der Waals surface area contributed by atoms with Crippen molar-refractivity contribution in [2.75, 3.05) is 25.4 Å². The number of nitrogens with two attached hydrogens (primary N) is 1. The van der Waals surface area contributed by atoms with E-state index in [2.05, 4.69) is 25.0 Å². The summed E-state index contributed by atoms with van der Waals surface area (Å²) >= 11 is 0. The molecule has 2 aliphatic rings. The molecule has 2 aromatic rings. The van der Waals surface area contributed by atoms with Gasteiger partial charge in [0.1, 0.15) is 24.1 Å². The number of amidine groups is 1. The number of carbonyl (C=O) groups excluding carboxylic acids is 1. The van der Waals surface area contributed by atoms with Crippen LogP contribution in [0.4, 0.5) is 14.5 Å². The number of aromatic nitrogens is 2. The Bertz CT molecular complexity index is 912. The highest BCUT2D eigenvalue weighted by molar-refractivity contribution is 5.74. The topological polar surface area (TPSA) is 121 Å². The number of rotatable bonds is 5. The largest absolute Gasteiger partial charge is 0.463 e. The van der Waals surface area contributed by atoms with E-state index in [0.717, 1.165) is 5.69 Å². The molecule has 2 atom stereocenters. The smallest absolute Gasteiger partial charge is 0.283 e. The van der Waals surface area contributed by atoms with Crippen LogP contribution in [0.25, 0.3) is 0 Å². The molecule has 9 nitrogen and oxygen atoms in total. The Morgan fingerprint density at radius 1 is 1.40 bits per heavy atom. The average molecular weight is 421 g/mol. The Labute approximate surface area is 171 Å². The lowest BCUT2D eigenvalue weighted by molar-refractivity contribution is -0.105. The minimum Gasteiger partial charge on any atom is -0.463 e. The second kappa shape index (κ2) is 9.44. The third-order valence-electron chi connectivity index (χ3n) is 4.65. The van der Waals surface area contributed by atoms with E-state index in [4.69, 9.17) is 15.2 Å². The molecule has 1 aromatic heterocycles. The van der Waals surface area contributed by atoms with Crippen LogP contribution < -0.4 is 15.8 Å². The second-order valence-electron chi connectivity index (χ2n) is 6.50. The predicted octanol–water partition coefficient (Wildman–Crippen LogP) is 1.81. The number of halogens is 2. The summed E-state index contributed by atoms with van der Waals surface area (Å²) in [6.07, 6.45) is 3.58. The molecule has 1 saturated heterocycles. The molecule has 0 spiro atoms. The van der Waals surface area contributed by atoms with Crippen LogP contribution in [0.2, 0.25) is 0 Å². The van der Waals surface area contributed by atoms with Crippen molar-refractivity contribution in [2.24, 2.45) is 10.7 Å². The van der Waals surface area contributed by atoms with Crippen LogP contribution in [0.3, 0.4) is 0 Å². The molecular formula is C19H21F2N5O4. The van der Waals surface area contributed by atoms with Crippen molar-refractivity contribution < 1.29 is 27.8 Å². The number of hydrogen-bond donors (Lipinski definition) is 2. The van der Waals surface area contributed by atoms with Crippen LogP contribution in [0, 0.1) is 12.7 Å². The van der Waals surface area contributed by atoms with Crippen molar-refractivity contribution in [2.45, 2.75) is 25.0 Å². The zero-order chi connectivity index (χ0) is 21.6. The van der Waals surface area contributed by atoms with E-state index in [0.29, 0.717) is 30.7 Å². The number of hydrogen-bond acceptors (Lipinski definition) is 8. The molecule has 11 heteroatoms. The third-order valence-corrected chi connectivity index (χ3v) is 4.65. The summed E-state index contributed by atoms with van der Waals surface area (Å²) in [6.45, 7) is 1.62. The van der Waals surface area contributed by atoms with Crippen molar-refractivity contribution >= 4 is 18.1 Å². The first-order valence-electron chi connectivity index (χ1n) is 9.06. The van der Waals surface area contributed by atoms with E-state index in [1.807, 2.05) is 0 Å². The quantitative estimate of drug-likeness (QED) is 0.707. The second-order valence-corrected chi connectivity index (χ2v) is 6.50. The number of anilines is 1. The van der Waals surface area contributed by atoms with E-state index in [-0.39, 0.29) is 24.6 Å². The minimum absolute atomic E-state index is 0.0277. The number of fused-ring (bicyclic) bond motifs is 1. The number of alkyl halides is 1. The van der Waals surface area contributed by atoms with Crippen LogP contribution in [0.5, 0.6) is 5.88 Å². The first kappa shape index (κ1) is 21.4. The van der Waals surface area contributed by atoms with E-state index in [9.17, 15) is 13.6 Å². The van der Waals surface area contributed by atoms with Gasteiger partial charge in [-0.05, 0) is 25.1 Å². The summed E-state index contributed by atoms with van der Waals surface area (Å²) in [5, 5.41) is 2.50. The highest BCUT2D eigenvalue weighted by Crippen LogP contribution is 2.43. The van der Waals surface area contributed by atoms with Crippen LogP contribution in [0.1, 0.15) is 17.7 Å². The van der Waals surface area contributed by atoms with Crippen LogP contribution in [-0.2, 0) is 19.8 Å². The van der Waals surface area contributed by atoms with Crippen molar-refractivity contribution in [1.29, 1.82) is 0 Å². The van der Waals surface area contributed by atoms with Gasteiger partial charge in [0.15, 0.2) is 0 Å². The summed E-state index contributed by atoms with van der Waals surface area (Å²) in [5.41, 5.74) is 6.40. The van der Waals surface area contributed by atoms with Gasteiger partial charge in [0.25, 0.3) is 6.02 Å². The van der Waals surface area contributed by atoms with Crippen molar-refractivity contribution in [1.82, 2.24) is 9.97 Å². The first-order chi connectivity index (χ1) is 14.5. The Balaban J connectivity index is 0.000000216. The lowest BCUT2D eigenvalue weighted by Crippen LogP contribution is -2.45. The molecular weight excluding hydrogens is 400 g/mol. The Hall–Kier alpha value is -3.34. The van der Waals surface area contributed by atoms with Gasteiger partial charge in [0.05, 0.1) is 24.7 Å². The Morgan fingerprint density at radius 2 is 2.23 bits per heavy atom. The van der Waals surface area contributed by atoms with Gasteiger partial charge in [0, 0.05) is 17.7 Å². The summed E-state index contributed by atoms with van der Waals surface area (Å²) in [7, 11) is 0. The van der Waals surface area contributed by atoms with Crippen LogP contribution >= 0.6 is 0 Å². The maximum absolute atomic E-state index is 14.2. The summed E-state index contributed by atoms with van der Waals surface area (Å²) in [5.74, 6) is -0.191. The molecule has 0 aliphatic carbocycles. The van der Waals surface area contributed by atoms with Crippen LogP contribution in [0.15, 0.2) is 35.6 Å². The maximum atomic E-state index is 14.2. The maximum Gasteiger partial charge on any atom is 0.283 e. The number of ether oxygens (including phenoxy) is 3. The minimum atomic E-state index is -0.882. The first-order valence-corrected chi connectivity index (χ1v) is 9.06. The van der Waals surface area contributed by atoms with E-state index in [1.165, 1.54) is 24.5 Å². The van der Waals surface area contributed by atoms with E-state index in [1.54, 1.807) is 13.0 Å². The van der Waals surface area contributed by atoms with Gasteiger partial charge in [-0.3, -0.25) is 9.78 Å². The number of benzene rings is 1. The van der Waals surface area contributed by atoms with Crippen LogP contribution in [-0.4, -0.2) is 48.6 Å². The fraction of sp³-hybridized carbons (Fsp3) is 0.368. The Kier molecular flexibility index (Phi) is 6.72. The molecule has 0 radical (unpaired) electrons. The molecule has 2 aliphatic heterocycles. The Morgan fingerprint density at radius 3 is 2.93 bits per heavy atom. The van der Waals surface area contributed by atoms with E-state index < -0.39 is 18.2 Å². The van der Waals surface area contributed by atoms with Gasteiger partial charge in [-0.2, -0.15) is 0 Å². The molecule has 1 fully saturated rings. The molecule has 4 rings (SSSR count). The molecule has 3 N–H and O–H groups in total. The van der Waals surface area contributed by atoms with Crippen molar-refractivity contribution in [3.63, 3.8) is 0 Å². The summed E-state index contributed by atoms with van der Waals surface area (Å²) in [6, 6.07) is 4.38. The SMILES string of the molecule is Cc1cnc(OCF)cn1.NC1=N[C@@]2(c3cc(NC=O)ccc3F)CCO[C@H]2CO1. The van der Waals surface area contributed by atoms with Gasteiger partial charge in [0.2, 0.25) is 19.2 Å². The summed E-state index contributed by atoms with van der Waals surface area (Å²) in [4.78, 5) is 22.4.